The van der Waals surface area contributed by atoms with Gasteiger partial charge in [0, 0.05) is 12.1 Å². The van der Waals surface area contributed by atoms with E-state index in [2.05, 4.69) is 5.32 Å². The van der Waals surface area contributed by atoms with Crippen molar-refractivity contribution in [2.45, 2.75) is 0 Å². The van der Waals surface area contributed by atoms with Crippen LogP contribution in [-0.2, 0) is 0 Å². The van der Waals surface area contributed by atoms with Gasteiger partial charge in [-0.1, -0.05) is 12.1 Å². The van der Waals surface area contributed by atoms with E-state index in [1.165, 1.54) is 0 Å². The zero-order chi connectivity index (χ0) is 17.9. The Kier molecular flexibility index (Phi) is 4.75. The van der Waals surface area contributed by atoms with E-state index >= 15 is 0 Å². The van der Waals surface area contributed by atoms with Crippen molar-refractivity contribution in [1.82, 2.24) is 15.3 Å². The molecule has 26 heavy (non-hydrogen) atoms. The van der Waals surface area contributed by atoms with Crippen LogP contribution in [-0.4, -0.2) is 34.1 Å². The molecule has 0 saturated carbocycles. The Morgan fingerprint density at radius 1 is 0.962 bits per heavy atom. The molecule has 2 N–H and O–H groups in total. The molecule has 0 spiro atoms. The van der Waals surface area contributed by atoms with Gasteiger partial charge in [0.1, 0.15) is 11.4 Å². The summed E-state index contributed by atoms with van der Waals surface area (Å²) in [6.07, 6.45) is 0. The lowest BCUT2D eigenvalue weighted by Crippen LogP contribution is -2.26. The van der Waals surface area contributed by atoms with Gasteiger partial charge in [-0.25, -0.2) is 9.97 Å². The number of nitrogens with one attached hydrogen (secondary N) is 1. The first-order valence-electron chi connectivity index (χ1n) is 8.05. The summed E-state index contributed by atoms with van der Waals surface area (Å²) in [5, 5.41) is 15.6. The SMILES string of the molecule is O=C(NCCO)c1ccc2nc(-c3cccs3)c(-c3cccs3)nc2c1. The molecule has 3 heterocycles. The lowest BCUT2D eigenvalue weighted by atomic mass is 10.1. The number of hydrogen-bond acceptors (Lipinski definition) is 6. The van der Waals surface area contributed by atoms with Crippen molar-refractivity contribution in [2.24, 2.45) is 0 Å². The first-order valence-corrected chi connectivity index (χ1v) is 9.81. The third kappa shape index (κ3) is 3.24. The van der Waals surface area contributed by atoms with Crippen molar-refractivity contribution in [3.8, 4) is 21.1 Å². The highest BCUT2D eigenvalue weighted by molar-refractivity contribution is 7.14. The Morgan fingerprint density at radius 2 is 1.62 bits per heavy atom. The number of fused-ring (bicyclic) bond motifs is 1. The van der Waals surface area contributed by atoms with Gasteiger partial charge >= 0.3 is 0 Å². The Bertz CT molecular complexity index is 1040. The molecular weight excluding hydrogens is 366 g/mol. The van der Waals surface area contributed by atoms with E-state index in [-0.39, 0.29) is 19.1 Å². The molecule has 0 aliphatic carbocycles. The van der Waals surface area contributed by atoms with Gasteiger partial charge in [-0.2, -0.15) is 0 Å². The monoisotopic (exact) mass is 381 g/mol. The summed E-state index contributed by atoms with van der Waals surface area (Å²) in [5.41, 5.74) is 3.59. The molecule has 1 amide bonds. The number of thiophene rings is 2. The van der Waals surface area contributed by atoms with Gasteiger partial charge in [-0.05, 0) is 41.1 Å². The maximum absolute atomic E-state index is 12.1. The fourth-order valence-electron chi connectivity index (χ4n) is 2.64. The Labute approximate surface area is 158 Å². The van der Waals surface area contributed by atoms with Gasteiger partial charge in [0.25, 0.3) is 5.91 Å². The number of rotatable bonds is 5. The van der Waals surface area contributed by atoms with Gasteiger partial charge in [0.2, 0.25) is 0 Å². The van der Waals surface area contributed by atoms with Crippen LogP contribution in [0.2, 0.25) is 0 Å². The second-order valence-corrected chi connectivity index (χ2v) is 7.45. The molecule has 130 valence electrons. The number of carbonyl (C=O) groups excluding carboxylic acids is 1. The topological polar surface area (TPSA) is 75.1 Å². The minimum atomic E-state index is -0.234. The largest absolute Gasteiger partial charge is 0.395 e. The molecule has 0 aliphatic rings. The summed E-state index contributed by atoms with van der Waals surface area (Å²) < 4.78 is 0. The van der Waals surface area contributed by atoms with Crippen LogP contribution in [0.1, 0.15) is 10.4 Å². The van der Waals surface area contributed by atoms with Crippen LogP contribution >= 0.6 is 22.7 Å². The molecule has 0 radical (unpaired) electrons. The van der Waals surface area contributed by atoms with Gasteiger partial charge < -0.3 is 10.4 Å². The van der Waals surface area contributed by atoms with Crippen molar-refractivity contribution in [3.63, 3.8) is 0 Å². The number of aromatic nitrogens is 2. The zero-order valence-corrected chi connectivity index (χ0v) is 15.3. The number of carbonyl (C=O) groups is 1. The van der Waals surface area contributed by atoms with Gasteiger partial charge in [0.05, 0.1) is 27.4 Å². The van der Waals surface area contributed by atoms with Crippen LogP contribution < -0.4 is 5.32 Å². The third-order valence-electron chi connectivity index (χ3n) is 3.83. The predicted octanol–water partition coefficient (Wildman–Crippen LogP) is 3.81. The van der Waals surface area contributed by atoms with Gasteiger partial charge in [0.15, 0.2) is 0 Å². The minimum Gasteiger partial charge on any atom is -0.395 e. The number of benzene rings is 1. The van der Waals surface area contributed by atoms with Crippen LogP contribution in [0.4, 0.5) is 0 Å². The standard InChI is InChI=1S/C19H15N3O2S2/c23-8-7-20-19(24)12-5-6-13-14(11-12)22-18(16-4-2-10-26-16)17(21-13)15-3-1-9-25-15/h1-6,9-11,23H,7-8H2,(H,20,24). The maximum Gasteiger partial charge on any atom is 0.251 e. The predicted molar refractivity (Wildman–Crippen MR) is 106 cm³/mol. The average Bonchev–Trinajstić information content (AvgIpc) is 3.38. The Morgan fingerprint density at radius 3 is 2.19 bits per heavy atom. The van der Waals surface area contributed by atoms with E-state index in [9.17, 15) is 4.79 Å². The molecule has 4 rings (SSSR count). The van der Waals surface area contributed by atoms with Crippen LogP contribution in [0.3, 0.4) is 0 Å². The minimum absolute atomic E-state index is 0.0914. The third-order valence-corrected chi connectivity index (χ3v) is 5.59. The van der Waals surface area contributed by atoms with E-state index in [1.807, 2.05) is 41.1 Å². The first kappa shape index (κ1) is 16.8. The summed E-state index contributed by atoms with van der Waals surface area (Å²) in [6.45, 7) is 0.131. The van der Waals surface area contributed by atoms with Crippen molar-refractivity contribution < 1.29 is 9.90 Å². The van der Waals surface area contributed by atoms with Crippen LogP contribution in [0.25, 0.3) is 32.2 Å². The van der Waals surface area contributed by atoms with E-state index in [1.54, 1.807) is 34.8 Å². The summed E-state index contributed by atoms with van der Waals surface area (Å²) in [7, 11) is 0. The zero-order valence-electron chi connectivity index (χ0n) is 13.7. The molecule has 4 aromatic rings. The molecule has 0 bridgehead atoms. The van der Waals surface area contributed by atoms with Crippen molar-refractivity contribution in [1.29, 1.82) is 0 Å². The summed E-state index contributed by atoms with van der Waals surface area (Å²) >= 11 is 3.24. The normalized spacial score (nSPS) is 11.0. The number of amides is 1. The maximum atomic E-state index is 12.1. The van der Waals surface area contributed by atoms with Crippen LogP contribution in [0.15, 0.2) is 53.2 Å². The molecule has 0 saturated heterocycles. The Balaban J connectivity index is 1.85. The molecule has 0 atom stereocenters. The second kappa shape index (κ2) is 7.33. The Hall–Kier alpha value is -2.61. The summed E-state index contributed by atoms with van der Waals surface area (Å²) in [5.74, 6) is -0.234. The average molecular weight is 381 g/mol. The van der Waals surface area contributed by atoms with Crippen molar-refractivity contribution in [2.75, 3.05) is 13.2 Å². The van der Waals surface area contributed by atoms with E-state index in [0.717, 1.165) is 26.7 Å². The molecular formula is C19H15N3O2S2. The van der Waals surface area contributed by atoms with Crippen LogP contribution in [0, 0.1) is 0 Å². The van der Waals surface area contributed by atoms with E-state index in [4.69, 9.17) is 15.1 Å². The summed E-state index contributed by atoms with van der Waals surface area (Å²) in [6, 6.07) is 13.3. The van der Waals surface area contributed by atoms with Gasteiger partial charge in [-0.3, -0.25) is 4.79 Å². The fraction of sp³-hybridized carbons (Fsp3) is 0.105. The number of aliphatic hydroxyl groups is 1. The van der Waals surface area contributed by atoms with Crippen LogP contribution in [0.5, 0.6) is 0 Å². The highest BCUT2D eigenvalue weighted by atomic mass is 32.1. The van der Waals surface area contributed by atoms with E-state index in [0.29, 0.717) is 11.1 Å². The number of aliphatic hydroxyl groups excluding tert-OH is 1. The molecule has 5 nitrogen and oxygen atoms in total. The second-order valence-electron chi connectivity index (χ2n) is 5.56. The quantitative estimate of drug-likeness (QED) is 0.551. The lowest BCUT2D eigenvalue weighted by molar-refractivity contribution is 0.0945. The molecule has 0 fully saturated rings. The molecule has 1 aromatic carbocycles. The lowest BCUT2D eigenvalue weighted by Gasteiger charge is -2.09. The smallest absolute Gasteiger partial charge is 0.251 e. The molecule has 0 unspecified atom stereocenters. The molecule has 0 aliphatic heterocycles. The van der Waals surface area contributed by atoms with Crippen molar-refractivity contribution >= 4 is 39.6 Å². The molecule has 7 heteroatoms. The summed E-state index contributed by atoms with van der Waals surface area (Å²) in [4.78, 5) is 23.9. The number of nitrogens with zero attached hydrogens (tertiary/aromatic N) is 2. The van der Waals surface area contributed by atoms with E-state index < -0.39 is 0 Å². The number of hydrogen-bond donors (Lipinski definition) is 2. The highest BCUT2D eigenvalue weighted by Crippen LogP contribution is 2.35. The fourth-order valence-corrected chi connectivity index (χ4v) is 4.07. The first-order chi connectivity index (χ1) is 12.8. The molecule has 3 aromatic heterocycles. The van der Waals surface area contributed by atoms with Gasteiger partial charge in [-0.15, -0.1) is 22.7 Å². The highest BCUT2D eigenvalue weighted by Gasteiger charge is 2.16. The van der Waals surface area contributed by atoms with Crippen molar-refractivity contribution in [3.05, 3.63) is 58.8 Å².